The molecule has 0 saturated heterocycles. The molecule has 0 bridgehead atoms. The van der Waals surface area contributed by atoms with Crippen LogP contribution in [-0.2, 0) is 16.1 Å². The summed E-state index contributed by atoms with van der Waals surface area (Å²) in [6, 6.07) is 6.98. The summed E-state index contributed by atoms with van der Waals surface area (Å²) in [5, 5.41) is 5.66. The van der Waals surface area contributed by atoms with E-state index in [-0.39, 0.29) is 24.2 Å². The van der Waals surface area contributed by atoms with E-state index in [9.17, 15) is 9.59 Å². The summed E-state index contributed by atoms with van der Waals surface area (Å²) in [6.07, 6.45) is 2.02. The molecule has 1 atom stereocenters. The van der Waals surface area contributed by atoms with E-state index >= 15 is 0 Å². The van der Waals surface area contributed by atoms with E-state index in [0.717, 1.165) is 17.7 Å². The summed E-state index contributed by atoms with van der Waals surface area (Å²) in [6.45, 7) is 6.49. The molecule has 5 nitrogen and oxygen atoms in total. The van der Waals surface area contributed by atoms with Crippen LogP contribution in [0.5, 0.6) is 0 Å². The Labute approximate surface area is 144 Å². The molecular formula is C17H28ClN3O2. The molecule has 0 spiro atoms. The Hall–Kier alpha value is -1.59. The highest BCUT2D eigenvalue weighted by Gasteiger charge is 2.14. The average Bonchev–Trinajstić information content (AvgIpc) is 2.45. The van der Waals surface area contributed by atoms with Crippen molar-refractivity contribution in [2.75, 3.05) is 5.32 Å². The fourth-order valence-electron chi connectivity index (χ4n) is 2.09. The van der Waals surface area contributed by atoms with Crippen LogP contribution in [0.1, 0.15) is 45.6 Å². The number of hydrogen-bond acceptors (Lipinski definition) is 3. The van der Waals surface area contributed by atoms with Gasteiger partial charge in [-0.05, 0) is 36.5 Å². The van der Waals surface area contributed by atoms with Gasteiger partial charge >= 0.3 is 0 Å². The molecule has 0 aromatic heterocycles. The number of amides is 2. The van der Waals surface area contributed by atoms with Crippen LogP contribution in [-0.4, -0.2) is 17.9 Å². The molecule has 0 aliphatic carbocycles. The molecule has 0 heterocycles. The fourth-order valence-corrected chi connectivity index (χ4v) is 2.09. The SMILES string of the molecule is CCCC(=O)Nc1ccc(CNC(=O)[C@@H](N)CC(C)C)cc1.Cl. The first-order valence-electron chi connectivity index (χ1n) is 7.84. The van der Waals surface area contributed by atoms with E-state index in [2.05, 4.69) is 10.6 Å². The zero-order valence-corrected chi connectivity index (χ0v) is 14.9. The van der Waals surface area contributed by atoms with Crippen LogP contribution in [0.4, 0.5) is 5.69 Å². The van der Waals surface area contributed by atoms with Gasteiger partial charge in [-0.15, -0.1) is 12.4 Å². The summed E-state index contributed by atoms with van der Waals surface area (Å²) in [5.74, 6) is 0.281. The van der Waals surface area contributed by atoms with Crippen molar-refractivity contribution in [3.63, 3.8) is 0 Å². The molecule has 23 heavy (non-hydrogen) atoms. The van der Waals surface area contributed by atoms with Crippen LogP contribution in [0.25, 0.3) is 0 Å². The zero-order chi connectivity index (χ0) is 16.5. The summed E-state index contributed by atoms with van der Waals surface area (Å²) < 4.78 is 0. The van der Waals surface area contributed by atoms with Gasteiger partial charge in [0.15, 0.2) is 0 Å². The standard InChI is InChI=1S/C17H27N3O2.ClH/c1-4-5-16(21)20-14-8-6-13(7-9-14)11-19-17(22)15(18)10-12(2)3;/h6-9,12,15H,4-5,10-11,18H2,1-3H3,(H,19,22)(H,20,21);1H/t15-;/m0./s1. The quantitative estimate of drug-likeness (QED) is 0.679. The van der Waals surface area contributed by atoms with Gasteiger partial charge in [0.2, 0.25) is 11.8 Å². The Kier molecular flexibility index (Phi) is 10.3. The maximum absolute atomic E-state index is 11.8. The van der Waals surface area contributed by atoms with Crippen molar-refractivity contribution in [2.45, 2.75) is 52.6 Å². The van der Waals surface area contributed by atoms with E-state index < -0.39 is 6.04 Å². The van der Waals surface area contributed by atoms with Gasteiger partial charge in [0, 0.05) is 18.7 Å². The monoisotopic (exact) mass is 341 g/mol. The minimum absolute atomic E-state index is 0. The Morgan fingerprint density at radius 3 is 2.30 bits per heavy atom. The number of carbonyl (C=O) groups is 2. The van der Waals surface area contributed by atoms with Crippen LogP contribution in [0.15, 0.2) is 24.3 Å². The zero-order valence-electron chi connectivity index (χ0n) is 14.1. The first-order valence-corrected chi connectivity index (χ1v) is 7.84. The first kappa shape index (κ1) is 21.4. The van der Waals surface area contributed by atoms with Gasteiger partial charge in [0.05, 0.1) is 6.04 Å². The van der Waals surface area contributed by atoms with E-state index in [1.807, 2.05) is 45.0 Å². The van der Waals surface area contributed by atoms with E-state index in [1.54, 1.807) is 0 Å². The first-order chi connectivity index (χ1) is 10.4. The highest BCUT2D eigenvalue weighted by molar-refractivity contribution is 5.90. The number of rotatable bonds is 8. The van der Waals surface area contributed by atoms with Gasteiger partial charge in [-0.3, -0.25) is 9.59 Å². The Morgan fingerprint density at radius 2 is 1.78 bits per heavy atom. The van der Waals surface area contributed by atoms with E-state index in [1.165, 1.54) is 0 Å². The van der Waals surface area contributed by atoms with Crippen molar-refractivity contribution in [1.82, 2.24) is 5.32 Å². The molecule has 130 valence electrons. The average molecular weight is 342 g/mol. The van der Waals surface area contributed by atoms with Crippen LogP contribution in [0.2, 0.25) is 0 Å². The molecule has 0 aliphatic heterocycles. The molecule has 0 radical (unpaired) electrons. The second-order valence-corrected chi connectivity index (χ2v) is 5.95. The predicted octanol–water partition coefficient (Wildman–Crippen LogP) is 2.84. The lowest BCUT2D eigenvalue weighted by Crippen LogP contribution is -2.41. The number of halogens is 1. The van der Waals surface area contributed by atoms with Crippen LogP contribution in [0, 0.1) is 5.92 Å². The normalized spacial score (nSPS) is 11.5. The molecule has 0 fully saturated rings. The van der Waals surface area contributed by atoms with Crippen molar-refractivity contribution in [1.29, 1.82) is 0 Å². The number of hydrogen-bond donors (Lipinski definition) is 3. The lowest BCUT2D eigenvalue weighted by molar-refractivity contribution is -0.122. The number of benzene rings is 1. The van der Waals surface area contributed by atoms with Crippen molar-refractivity contribution >= 4 is 29.9 Å². The van der Waals surface area contributed by atoms with Gasteiger partial charge in [-0.1, -0.05) is 32.9 Å². The predicted molar refractivity (Wildman–Crippen MR) is 96.5 cm³/mol. The molecule has 0 saturated carbocycles. The Balaban J connectivity index is 0.00000484. The fraction of sp³-hybridized carbons (Fsp3) is 0.529. The highest BCUT2D eigenvalue weighted by atomic mass is 35.5. The molecule has 0 aliphatic rings. The van der Waals surface area contributed by atoms with Gasteiger partial charge in [-0.2, -0.15) is 0 Å². The third-order valence-corrected chi connectivity index (χ3v) is 3.24. The number of anilines is 1. The summed E-state index contributed by atoms with van der Waals surface area (Å²) >= 11 is 0. The molecule has 4 N–H and O–H groups in total. The number of nitrogens with one attached hydrogen (secondary N) is 2. The molecular weight excluding hydrogens is 314 g/mol. The minimum Gasteiger partial charge on any atom is -0.351 e. The Bertz CT molecular complexity index is 489. The molecule has 1 aromatic rings. The Morgan fingerprint density at radius 1 is 1.17 bits per heavy atom. The van der Waals surface area contributed by atoms with Crippen LogP contribution in [0.3, 0.4) is 0 Å². The van der Waals surface area contributed by atoms with Gasteiger partial charge in [0.1, 0.15) is 0 Å². The van der Waals surface area contributed by atoms with E-state index in [4.69, 9.17) is 5.73 Å². The molecule has 1 rings (SSSR count). The van der Waals surface area contributed by atoms with Crippen molar-refractivity contribution in [3.05, 3.63) is 29.8 Å². The second-order valence-electron chi connectivity index (χ2n) is 5.95. The third-order valence-electron chi connectivity index (χ3n) is 3.24. The third kappa shape index (κ3) is 8.57. The largest absolute Gasteiger partial charge is 0.351 e. The van der Waals surface area contributed by atoms with Crippen LogP contribution < -0.4 is 16.4 Å². The van der Waals surface area contributed by atoms with Gasteiger partial charge < -0.3 is 16.4 Å². The summed E-state index contributed by atoms with van der Waals surface area (Å²) in [5.41, 5.74) is 7.57. The number of nitrogens with two attached hydrogens (primary N) is 1. The number of carbonyl (C=O) groups excluding carboxylic acids is 2. The lowest BCUT2D eigenvalue weighted by atomic mass is 10.0. The summed E-state index contributed by atoms with van der Waals surface area (Å²) in [4.78, 5) is 23.3. The van der Waals surface area contributed by atoms with Gasteiger partial charge in [-0.25, -0.2) is 0 Å². The molecule has 1 aromatic carbocycles. The van der Waals surface area contributed by atoms with Crippen LogP contribution >= 0.6 is 12.4 Å². The maximum Gasteiger partial charge on any atom is 0.237 e. The minimum atomic E-state index is -0.465. The topological polar surface area (TPSA) is 84.2 Å². The molecule has 2 amide bonds. The second kappa shape index (κ2) is 11.0. The van der Waals surface area contributed by atoms with Gasteiger partial charge in [0.25, 0.3) is 0 Å². The molecule has 0 unspecified atom stereocenters. The maximum atomic E-state index is 11.8. The lowest BCUT2D eigenvalue weighted by Gasteiger charge is -2.14. The summed E-state index contributed by atoms with van der Waals surface area (Å²) in [7, 11) is 0. The molecule has 6 heteroatoms. The highest BCUT2D eigenvalue weighted by Crippen LogP contribution is 2.10. The van der Waals surface area contributed by atoms with Crippen molar-refractivity contribution < 1.29 is 9.59 Å². The van der Waals surface area contributed by atoms with Crippen molar-refractivity contribution in [2.24, 2.45) is 11.7 Å². The van der Waals surface area contributed by atoms with E-state index in [0.29, 0.717) is 25.3 Å². The van der Waals surface area contributed by atoms with Crippen molar-refractivity contribution in [3.8, 4) is 0 Å². The smallest absolute Gasteiger partial charge is 0.237 e.